The average Bonchev–Trinajstić information content (AvgIpc) is 2.59. The van der Waals surface area contributed by atoms with Crippen LogP contribution in [0.1, 0.15) is 29.8 Å². The normalized spacial score (nSPS) is 9.96. The lowest BCUT2D eigenvalue weighted by Crippen LogP contribution is -2.35. The third kappa shape index (κ3) is 4.70. The Morgan fingerprint density at radius 2 is 1.58 bits per heavy atom. The fraction of sp³-hybridized carbons (Fsp3) is 0.158. The Bertz CT molecular complexity index is 766. The standard InChI is InChI=1S/C19H19ClN2O2/c1-13(2)17(22-18(23)14-8-4-3-5-9-14)19(24)21-12-15-10-6-7-11-16(15)20/h3-11H,12H2,1-2H3,(H,21,24)(H,22,23). The Kier molecular flexibility index (Phi) is 6.15. The number of hydrogen-bond acceptors (Lipinski definition) is 2. The lowest BCUT2D eigenvalue weighted by molar-refractivity contribution is -0.118. The monoisotopic (exact) mass is 342 g/mol. The van der Waals surface area contributed by atoms with E-state index in [1.54, 1.807) is 44.2 Å². The van der Waals surface area contributed by atoms with Gasteiger partial charge in [-0.3, -0.25) is 9.59 Å². The summed E-state index contributed by atoms with van der Waals surface area (Å²) in [6.07, 6.45) is 0. The molecular formula is C19H19ClN2O2. The van der Waals surface area contributed by atoms with E-state index in [0.29, 0.717) is 10.6 Å². The molecule has 0 aliphatic carbocycles. The zero-order valence-electron chi connectivity index (χ0n) is 13.6. The van der Waals surface area contributed by atoms with Crippen molar-refractivity contribution in [3.63, 3.8) is 0 Å². The minimum Gasteiger partial charge on any atom is -0.347 e. The van der Waals surface area contributed by atoms with Crippen LogP contribution in [0.2, 0.25) is 5.02 Å². The van der Waals surface area contributed by atoms with Crippen LogP contribution >= 0.6 is 11.6 Å². The van der Waals surface area contributed by atoms with Gasteiger partial charge in [0.2, 0.25) is 0 Å². The smallest absolute Gasteiger partial charge is 0.267 e. The molecule has 5 heteroatoms. The fourth-order valence-corrected chi connectivity index (χ4v) is 2.29. The van der Waals surface area contributed by atoms with Gasteiger partial charge in [0.25, 0.3) is 11.8 Å². The molecule has 0 aliphatic rings. The average molecular weight is 343 g/mol. The van der Waals surface area contributed by atoms with Gasteiger partial charge in [-0.25, -0.2) is 0 Å². The minimum absolute atomic E-state index is 0.246. The molecule has 2 N–H and O–H groups in total. The van der Waals surface area contributed by atoms with E-state index in [0.717, 1.165) is 11.1 Å². The third-order valence-electron chi connectivity index (χ3n) is 3.40. The molecule has 0 unspecified atom stereocenters. The summed E-state index contributed by atoms with van der Waals surface area (Å²) in [5.41, 5.74) is 2.28. The molecule has 0 spiro atoms. The summed E-state index contributed by atoms with van der Waals surface area (Å²) in [6.45, 7) is 3.84. The van der Waals surface area contributed by atoms with Crippen molar-refractivity contribution in [1.82, 2.24) is 10.6 Å². The van der Waals surface area contributed by atoms with Crippen LogP contribution in [0, 0.1) is 0 Å². The van der Waals surface area contributed by atoms with Crippen molar-refractivity contribution < 1.29 is 9.59 Å². The molecule has 0 saturated carbocycles. The maximum Gasteiger partial charge on any atom is 0.267 e. The van der Waals surface area contributed by atoms with Crippen LogP contribution in [-0.2, 0) is 11.3 Å². The number of amides is 2. The Balaban J connectivity index is 2.05. The maximum atomic E-state index is 12.4. The molecule has 0 atom stereocenters. The first kappa shape index (κ1) is 17.8. The largest absolute Gasteiger partial charge is 0.347 e. The minimum atomic E-state index is -0.348. The van der Waals surface area contributed by atoms with Crippen molar-refractivity contribution in [3.05, 3.63) is 82.0 Å². The van der Waals surface area contributed by atoms with Gasteiger partial charge in [0.15, 0.2) is 0 Å². The highest BCUT2D eigenvalue weighted by Crippen LogP contribution is 2.14. The van der Waals surface area contributed by atoms with Crippen molar-refractivity contribution in [3.8, 4) is 0 Å². The summed E-state index contributed by atoms with van der Waals surface area (Å²) < 4.78 is 0. The molecule has 0 aromatic heterocycles. The molecule has 4 nitrogen and oxygen atoms in total. The van der Waals surface area contributed by atoms with Crippen molar-refractivity contribution in [2.24, 2.45) is 0 Å². The van der Waals surface area contributed by atoms with E-state index in [9.17, 15) is 9.59 Å². The second kappa shape index (κ2) is 8.31. The van der Waals surface area contributed by atoms with Crippen LogP contribution < -0.4 is 10.6 Å². The van der Waals surface area contributed by atoms with Gasteiger partial charge >= 0.3 is 0 Å². The maximum absolute atomic E-state index is 12.4. The van der Waals surface area contributed by atoms with Crippen LogP contribution in [0.15, 0.2) is 65.9 Å². The summed E-state index contributed by atoms with van der Waals surface area (Å²) >= 11 is 6.08. The van der Waals surface area contributed by atoms with E-state index in [2.05, 4.69) is 10.6 Å². The first-order valence-corrected chi connectivity index (χ1v) is 7.92. The first-order valence-electron chi connectivity index (χ1n) is 7.54. The van der Waals surface area contributed by atoms with E-state index in [1.807, 2.05) is 24.3 Å². The van der Waals surface area contributed by atoms with Crippen molar-refractivity contribution in [2.75, 3.05) is 0 Å². The number of halogens is 1. The van der Waals surface area contributed by atoms with Crippen LogP contribution in [0.25, 0.3) is 0 Å². The topological polar surface area (TPSA) is 58.2 Å². The van der Waals surface area contributed by atoms with Gasteiger partial charge in [0, 0.05) is 17.1 Å². The molecule has 2 amide bonds. The summed E-state index contributed by atoms with van der Waals surface area (Å²) in [4.78, 5) is 24.7. The van der Waals surface area contributed by atoms with Crippen LogP contribution in [-0.4, -0.2) is 11.8 Å². The van der Waals surface area contributed by atoms with Crippen molar-refractivity contribution in [2.45, 2.75) is 20.4 Å². The number of nitrogens with one attached hydrogen (secondary N) is 2. The van der Waals surface area contributed by atoms with E-state index < -0.39 is 0 Å². The van der Waals surface area contributed by atoms with Gasteiger partial charge in [0.05, 0.1) is 0 Å². The molecule has 0 aliphatic heterocycles. The quantitative estimate of drug-likeness (QED) is 0.814. The SMILES string of the molecule is CC(C)=C(NC(=O)c1ccccc1)C(=O)NCc1ccccc1Cl. The van der Waals surface area contributed by atoms with Gasteiger partial charge in [-0.15, -0.1) is 0 Å². The lowest BCUT2D eigenvalue weighted by atomic mass is 10.1. The molecule has 0 bridgehead atoms. The molecule has 124 valence electrons. The lowest BCUT2D eigenvalue weighted by Gasteiger charge is -2.13. The Morgan fingerprint density at radius 3 is 2.21 bits per heavy atom. The second-order valence-electron chi connectivity index (χ2n) is 5.47. The van der Waals surface area contributed by atoms with Gasteiger partial charge in [-0.05, 0) is 43.2 Å². The number of allylic oxidation sites excluding steroid dienone is 1. The van der Waals surface area contributed by atoms with Gasteiger partial charge < -0.3 is 10.6 Å². The Morgan fingerprint density at radius 1 is 0.958 bits per heavy atom. The van der Waals surface area contributed by atoms with Crippen molar-refractivity contribution in [1.29, 1.82) is 0 Å². The number of benzene rings is 2. The molecule has 2 aromatic carbocycles. The zero-order chi connectivity index (χ0) is 17.5. The molecular weight excluding hydrogens is 324 g/mol. The van der Waals surface area contributed by atoms with Gasteiger partial charge in [-0.2, -0.15) is 0 Å². The van der Waals surface area contributed by atoms with E-state index >= 15 is 0 Å². The predicted molar refractivity (Wildman–Crippen MR) is 95.6 cm³/mol. The highest BCUT2D eigenvalue weighted by atomic mass is 35.5. The van der Waals surface area contributed by atoms with E-state index in [1.165, 1.54) is 0 Å². The number of rotatable bonds is 5. The molecule has 2 aromatic rings. The Hall–Kier alpha value is -2.59. The highest BCUT2D eigenvalue weighted by Gasteiger charge is 2.15. The molecule has 0 fully saturated rings. The van der Waals surface area contributed by atoms with Crippen molar-refractivity contribution >= 4 is 23.4 Å². The molecule has 2 rings (SSSR count). The van der Waals surface area contributed by atoms with Gasteiger partial charge in [-0.1, -0.05) is 48.0 Å². The second-order valence-corrected chi connectivity index (χ2v) is 5.88. The highest BCUT2D eigenvalue weighted by molar-refractivity contribution is 6.31. The van der Waals surface area contributed by atoms with Crippen LogP contribution in [0.5, 0.6) is 0 Å². The number of hydrogen-bond donors (Lipinski definition) is 2. The number of carbonyl (C=O) groups is 2. The first-order chi connectivity index (χ1) is 11.5. The zero-order valence-corrected chi connectivity index (χ0v) is 14.4. The summed E-state index contributed by atoms with van der Waals surface area (Å²) in [5, 5.41) is 6.05. The Labute approximate surface area is 146 Å². The fourth-order valence-electron chi connectivity index (χ4n) is 2.09. The number of carbonyl (C=O) groups excluding carboxylic acids is 2. The summed E-state index contributed by atoms with van der Waals surface area (Å²) in [5.74, 6) is -0.668. The summed E-state index contributed by atoms with van der Waals surface area (Å²) in [7, 11) is 0. The van der Waals surface area contributed by atoms with Crippen LogP contribution in [0.4, 0.5) is 0 Å². The van der Waals surface area contributed by atoms with E-state index in [-0.39, 0.29) is 24.1 Å². The predicted octanol–water partition coefficient (Wildman–Crippen LogP) is 3.68. The van der Waals surface area contributed by atoms with Gasteiger partial charge in [0.1, 0.15) is 5.70 Å². The molecule has 0 heterocycles. The molecule has 0 radical (unpaired) electrons. The summed E-state index contributed by atoms with van der Waals surface area (Å²) in [6, 6.07) is 16.0. The molecule has 0 saturated heterocycles. The molecule has 24 heavy (non-hydrogen) atoms. The van der Waals surface area contributed by atoms with Crippen LogP contribution in [0.3, 0.4) is 0 Å². The van der Waals surface area contributed by atoms with E-state index in [4.69, 9.17) is 11.6 Å². The third-order valence-corrected chi connectivity index (χ3v) is 3.77.